The van der Waals surface area contributed by atoms with Crippen molar-refractivity contribution < 1.29 is 14.6 Å². The number of nitrogens with zero attached hydrogens (tertiary/aromatic N) is 4. The molecular formula is C32H38N4O3. The van der Waals surface area contributed by atoms with Crippen LogP contribution < -0.4 is 0 Å². The van der Waals surface area contributed by atoms with E-state index in [1.54, 1.807) is 0 Å². The number of hydrogen-bond acceptors (Lipinski definition) is 5. The van der Waals surface area contributed by atoms with E-state index in [0.717, 1.165) is 34.1 Å². The molecule has 1 aliphatic heterocycles. The summed E-state index contributed by atoms with van der Waals surface area (Å²) >= 11 is 0. The van der Waals surface area contributed by atoms with E-state index in [1.807, 2.05) is 72.2 Å². The largest absolute Gasteiger partial charge is 0.394 e. The molecule has 1 aliphatic rings. The quantitative estimate of drug-likeness (QED) is 0.393. The first-order chi connectivity index (χ1) is 18.9. The normalized spacial score (nSPS) is 19.0. The fraction of sp³-hybridized carbons (Fsp3) is 0.375. The monoisotopic (exact) mass is 526 g/mol. The molecule has 39 heavy (non-hydrogen) atoms. The van der Waals surface area contributed by atoms with Crippen LogP contribution in [-0.4, -0.2) is 69.3 Å². The molecule has 0 fully saturated rings. The Kier molecular flexibility index (Phi) is 8.12. The highest BCUT2D eigenvalue weighted by Gasteiger charge is 2.33. The highest BCUT2D eigenvalue weighted by Crippen LogP contribution is 2.38. The molecule has 2 aromatic heterocycles. The molecule has 0 saturated carbocycles. The molecule has 3 atom stereocenters. The number of carbonyl (C=O) groups excluding carboxylic acids is 1. The number of rotatable bonds is 6. The average Bonchev–Trinajstić information content (AvgIpc) is 3.24. The van der Waals surface area contributed by atoms with Crippen LogP contribution in [0.2, 0.25) is 0 Å². The first-order valence-corrected chi connectivity index (χ1v) is 13.7. The molecule has 2 aromatic carbocycles. The van der Waals surface area contributed by atoms with Crippen LogP contribution in [0.3, 0.4) is 0 Å². The number of aryl methyl sites for hydroxylation is 1. The molecule has 0 spiro atoms. The number of hydrogen-bond donors (Lipinski definition) is 1. The fourth-order valence-electron chi connectivity index (χ4n) is 5.70. The SMILES string of the molecule is C[C@H]1CN([C@@H](C)CO)C(=O)c2c(c3ccccc3n2C)-c2ccccc2CO[C@@H]1CN(C)Cc1ccncc1. The van der Waals surface area contributed by atoms with Gasteiger partial charge in [-0.2, -0.15) is 0 Å². The van der Waals surface area contributed by atoms with Crippen molar-refractivity contribution >= 4 is 16.8 Å². The van der Waals surface area contributed by atoms with Crippen LogP contribution in [-0.2, 0) is 24.9 Å². The Hall–Kier alpha value is -3.52. The van der Waals surface area contributed by atoms with Crippen LogP contribution in [0.25, 0.3) is 22.0 Å². The highest BCUT2D eigenvalue weighted by atomic mass is 16.5. The van der Waals surface area contributed by atoms with Crippen molar-refractivity contribution in [1.82, 2.24) is 19.4 Å². The van der Waals surface area contributed by atoms with Gasteiger partial charge in [-0.1, -0.05) is 49.4 Å². The van der Waals surface area contributed by atoms with E-state index in [-0.39, 0.29) is 30.6 Å². The van der Waals surface area contributed by atoms with E-state index >= 15 is 0 Å². The molecule has 7 heteroatoms. The van der Waals surface area contributed by atoms with Gasteiger partial charge in [0.2, 0.25) is 0 Å². The van der Waals surface area contributed by atoms with Crippen molar-refractivity contribution in [2.45, 2.75) is 39.1 Å². The smallest absolute Gasteiger partial charge is 0.271 e. The first-order valence-electron chi connectivity index (χ1n) is 13.7. The molecule has 0 saturated heterocycles. The number of aliphatic hydroxyl groups excluding tert-OH is 1. The lowest BCUT2D eigenvalue weighted by atomic mass is 9.96. The second kappa shape index (κ2) is 11.7. The number of pyridine rings is 1. The van der Waals surface area contributed by atoms with Crippen LogP contribution in [0.15, 0.2) is 73.1 Å². The van der Waals surface area contributed by atoms with Crippen LogP contribution in [0.5, 0.6) is 0 Å². The van der Waals surface area contributed by atoms with Gasteiger partial charge in [0, 0.05) is 61.5 Å². The molecule has 3 heterocycles. The maximum absolute atomic E-state index is 14.4. The number of aromatic nitrogens is 2. The number of fused-ring (bicyclic) bond motifs is 5. The second-order valence-electron chi connectivity index (χ2n) is 10.8. The number of aliphatic hydroxyl groups is 1. The number of benzene rings is 2. The third kappa shape index (κ3) is 5.48. The Morgan fingerprint density at radius 3 is 2.59 bits per heavy atom. The Balaban J connectivity index is 1.58. The number of likely N-dealkylation sites (N-methyl/N-ethyl adjacent to an activating group) is 1. The van der Waals surface area contributed by atoms with Crippen LogP contribution >= 0.6 is 0 Å². The topological polar surface area (TPSA) is 70.8 Å². The maximum Gasteiger partial charge on any atom is 0.271 e. The lowest BCUT2D eigenvalue weighted by Crippen LogP contribution is -2.47. The van der Waals surface area contributed by atoms with Crippen molar-refractivity contribution in [2.24, 2.45) is 13.0 Å². The summed E-state index contributed by atoms with van der Waals surface area (Å²) in [5.41, 5.74) is 5.82. The zero-order valence-corrected chi connectivity index (χ0v) is 23.2. The summed E-state index contributed by atoms with van der Waals surface area (Å²) in [6.45, 7) is 6.34. The van der Waals surface area contributed by atoms with Gasteiger partial charge in [0.15, 0.2) is 0 Å². The Morgan fingerprint density at radius 2 is 1.82 bits per heavy atom. The molecule has 204 valence electrons. The minimum absolute atomic E-state index is 0.0336. The van der Waals surface area contributed by atoms with Gasteiger partial charge in [0.05, 0.1) is 25.4 Å². The minimum atomic E-state index is -0.336. The lowest BCUT2D eigenvalue weighted by Gasteiger charge is -2.35. The van der Waals surface area contributed by atoms with Crippen molar-refractivity contribution in [1.29, 1.82) is 0 Å². The predicted molar refractivity (Wildman–Crippen MR) is 154 cm³/mol. The fourth-order valence-corrected chi connectivity index (χ4v) is 5.70. The van der Waals surface area contributed by atoms with Gasteiger partial charge in [-0.05, 0) is 48.9 Å². The van der Waals surface area contributed by atoms with Crippen LogP contribution in [0.4, 0.5) is 0 Å². The first kappa shape index (κ1) is 27.1. The van der Waals surface area contributed by atoms with E-state index in [2.05, 4.69) is 48.1 Å². The maximum atomic E-state index is 14.4. The van der Waals surface area contributed by atoms with Crippen molar-refractivity contribution in [3.05, 3.63) is 89.9 Å². The summed E-state index contributed by atoms with van der Waals surface area (Å²) in [5, 5.41) is 11.2. The van der Waals surface area contributed by atoms with Gasteiger partial charge < -0.3 is 19.3 Å². The van der Waals surface area contributed by atoms with Crippen molar-refractivity contribution in [3.8, 4) is 11.1 Å². The molecule has 4 aromatic rings. The molecular weight excluding hydrogens is 488 g/mol. The highest BCUT2D eigenvalue weighted by molar-refractivity contribution is 6.10. The molecule has 0 aliphatic carbocycles. The zero-order chi connectivity index (χ0) is 27.5. The van der Waals surface area contributed by atoms with E-state index in [1.165, 1.54) is 5.56 Å². The van der Waals surface area contributed by atoms with E-state index in [0.29, 0.717) is 25.4 Å². The molecule has 5 rings (SSSR count). The van der Waals surface area contributed by atoms with Gasteiger partial charge in [-0.15, -0.1) is 0 Å². The molecule has 7 nitrogen and oxygen atoms in total. The Labute approximate surface area is 230 Å². The number of amides is 1. The predicted octanol–water partition coefficient (Wildman–Crippen LogP) is 4.73. The summed E-state index contributed by atoms with van der Waals surface area (Å²) in [5.74, 6) is -0.0380. The third-order valence-electron chi connectivity index (χ3n) is 7.92. The van der Waals surface area contributed by atoms with Crippen molar-refractivity contribution in [2.75, 3.05) is 26.7 Å². The summed E-state index contributed by atoms with van der Waals surface area (Å²) in [6, 6.07) is 20.1. The molecule has 1 N–H and O–H groups in total. The van der Waals surface area contributed by atoms with E-state index < -0.39 is 0 Å². The molecule has 0 unspecified atom stereocenters. The lowest BCUT2D eigenvalue weighted by molar-refractivity contribution is -0.0242. The van der Waals surface area contributed by atoms with Crippen LogP contribution in [0, 0.1) is 5.92 Å². The van der Waals surface area contributed by atoms with E-state index in [9.17, 15) is 9.90 Å². The van der Waals surface area contributed by atoms with Gasteiger partial charge in [-0.3, -0.25) is 14.7 Å². The number of para-hydroxylation sites is 1. The van der Waals surface area contributed by atoms with E-state index in [4.69, 9.17) is 4.74 Å². The van der Waals surface area contributed by atoms with Gasteiger partial charge in [0.25, 0.3) is 5.91 Å². The summed E-state index contributed by atoms with van der Waals surface area (Å²) < 4.78 is 8.69. The second-order valence-corrected chi connectivity index (χ2v) is 10.8. The molecule has 1 amide bonds. The summed E-state index contributed by atoms with van der Waals surface area (Å²) in [4.78, 5) is 22.6. The van der Waals surface area contributed by atoms with Gasteiger partial charge in [0.1, 0.15) is 5.69 Å². The summed E-state index contributed by atoms with van der Waals surface area (Å²) in [6.07, 6.45) is 3.50. The van der Waals surface area contributed by atoms with Gasteiger partial charge in [-0.25, -0.2) is 0 Å². The average molecular weight is 527 g/mol. The van der Waals surface area contributed by atoms with Gasteiger partial charge >= 0.3 is 0 Å². The Morgan fingerprint density at radius 1 is 1.10 bits per heavy atom. The minimum Gasteiger partial charge on any atom is -0.394 e. The molecule has 0 bridgehead atoms. The third-order valence-corrected chi connectivity index (χ3v) is 7.92. The Bertz CT molecular complexity index is 1430. The standard InChI is InChI=1S/C32H38N4O3/c1-22-17-36(23(2)20-37)32(38)31-30(27-11-7-8-12-28(27)35(31)4)26-10-6-5-9-25(26)21-39-29(22)19-34(3)18-24-13-15-33-16-14-24/h5-16,22-23,29,37H,17-21H2,1-4H3/t22-,23-,29+/m0/s1. The molecule has 0 radical (unpaired) electrons. The van der Waals surface area contributed by atoms with Crippen LogP contribution in [0.1, 0.15) is 35.5 Å². The van der Waals surface area contributed by atoms with Crippen molar-refractivity contribution in [3.63, 3.8) is 0 Å². The zero-order valence-electron chi connectivity index (χ0n) is 23.2. The summed E-state index contributed by atoms with van der Waals surface area (Å²) in [7, 11) is 4.05. The number of carbonyl (C=O) groups is 1. The number of ether oxygens (including phenoxy) is 1.